The van der Waals surface area contributed by atoms with Gasteiger partial charge in [-0.05, 0) is 30.5 Å². The van der Waals surface area contributed by atoms with Crippen LogP contribution in [0.1, 0.15) is 18.4 Å². The number of ether oxygens (including phenoxy) is 1. The van der Waals surface area contributed by atoms with Gasteiger partial charge in [-0.25, -0.2) is 0 Å². The number of likely N-dealkylation sites (tertiary alicyclic amines) is 1. The number of nitrogens with zero attached hydrogens (tertiary/aromatic N) is 1. The zero-order chi connectivity index (χ0) is 12.5. The van der Waals surface area contributed by atoms with E-state index in [1.54, 1.807) is 18.2 Å². The summed E-state index contributed by atoms with van der Waals surface area (Å²) in [5.41, 5.74) is 0.860. The molecule has 2 aliphatic rings. The van der Waals surface area contributed by atoms with Gasteiger partial charge in [0.2, 0.25) is 5.91 Å². The fraction of sp³-hybridized carbons (Fsp3) is 0.500. The summed E-state index contributed by atoms with van der Waals surface area (Å²) in [5, 5.41) is 9.39. The summed E-state index contributed by atoms with van der Waals surface area (Å²) in [7, 11) is 0. The SMILES string of the molecule is O=C(Cc1cccc(O)c1)N1CC2CCC(C1)O2. The third-order valence-corrected chi connectivity index (χ3v) is 3.66. The lowest BCUT2D eigenvalue weighted by Gasteiger charge is -2.32. The van der Waals surface area contributed by atoms with Crippen molar-refractivity contribution in [3.05, 3.63) is 29.8 Å². The van der Waals surface area contributed by atoms with E-state index in [9.17, 15) is 9.90 Å². The number of aromatic hydroxyl groups is 1. The van der Waals surface area contributed by atoms with Crippen molar-refractivity contribution in [1.29, 1.82) is 0 Å². The van der Waals surface area contributed by atoms with Gasteiger partial charge in [0.1, 0.15) is 5.75 Å². The Balaban J connectivity index is 1.65. The highest BCUT2D eigenvalue weighted by atomic mass is 16.5. The molecule has 96 valence electrons. The second kappa shape index (κ2) is 4.61. The maximum Gasteiger partial charge on any atom is 0.227 e. The first-order valence-corrected chi connectivity index (χ1v) is 6.42. The molecule has 1 amide bonds. The normalized spacial score (nSPS) is 26.3. The van der Waals surface area contributed by atoms with Crippen LogP contribution in [0, 0.1) is 0 Å². The van der Waals surface area contributed by atoms with Crippen LogP contribution in [-0.2, 0) is 16.0 Å². The Bertz CT molecular complexity index is 448. The standard InChI is InChI=1S/C14H17NO3/c16-11-3-1-2-10(6-11)7-14(17)15-8-12-4-5-13(9-15)18-12/h1-3,6,12-13,16H,4-5,7-9H2. The van der Waals surface area contributed by atoms with E-state index in [1.165, 1.54) is 0 Å². The van der Waals surface area contributed by atoms with E-state index in [2.05, 4.69) is 0 Å². The van der Waals surface area contributed by atoms with Crippen LogP contribution in [0.2, 0.25) is 0 Å². The quantitative estimate of drug-likeness (QED) is 0.857. The van der Waals surface area contributed by atoms with Crippen LogP contribution in [0.25, 0.3) is 0 Å². The fourth-order valence-electron chi connectivity index (χ4n) is 2.77. The molecule has 4 nitrogen and oxygen atoms in total. The molecule has 1 N–H and O–H groups in total. The average Bonchev–Trinajstić information content (AvgIpc) is 2.68. The number of phenolic OH excluding ortho intramolecular Hbond substituents is 1. The Kier molecular flexibility index (Phi) is 2.96. The Hall–Kier alpha value is -1.55. The summed E-state index contributed by atoms with van der Waals surface area (Å²) >= 11 is 0. The van der Waals surface area contributed by atoms with Crippen molar-refractivity contribution in [3.63, 3.8) is 0 Å². The predicted molar refractivity (Wildman–Crippen MR) is 66.3 cm³/mol. The van der Waals surface area contributed by atoms with Crippen molar-refractivity contribution in [2.75, 3.05) is 13.1 Å². The number of morpholine rings is 1. The highest BCUT2D eigenvalue weighted by Crippen LogP contribution is 2.26. The molecular formula is C14H17NO3. The van der Waals surface area contributed by atoms with Gasteiger partial charge < -0.3 is 14.7 Å². The van der Waals surface area contributed by atoms with Gasteiger partial charge in [0, 0.05) is 13.1 Å². The molecular weight excluding hydrogens is 230 g/mol. The summed E-state index contributed by atoms with van der Waals surface area (Å²) in [4.78, 5) is 14.1. The molecule has 0 aromatic heterocycles. The highest BCUT2D eigenvalue weighted by molar-refractivity contribution is 5.79. The zero-order valence-electron chi connectivity index (χ0n) is 10.2. The molecule has 1 aromatic rings. The zero-order valence-corrected chi connectivity index (χ0v) is 10.2. The number of rotatable bonds is 2. The molecule has 3 rings (SSSR count). The van der Waals surface area contributed by atoms with Crippen molar-refractivity contribution in [3.8, 4) is 5.75 Å². The van der Waals surface area contributed by atoms with Gasteiger partial charge in [-0.3, -0.25) is 4.79 Å². The summed E-state index contributed by atoms with van der Waals surface area (Å²) in [5.74, 6) is 0.336. The molecule has 18 heavy (non-hydrogen) atoms. The van der Waals surface area contributed by atoms with Gasteiger partial charge in [0.25, 0.3) is 0 Å². The van der Waals surface area contributed by atoms with Gasteiger partial charge in [-0.2, -0.15) is 0 Å². The number of amides is 1. The Morgan fingerprint density at radius 3 is 2.72 bits per heavy atom. The van der Waals surface area contributed by atoms with Crippen LogP contribution >= 0.6 is 0 Å². The Morgan fingerprint density at radius 2 is 2.06 bits per heavy atom. The molecule has 2 aliphatic heterocycles. The minimum Gasteiger partial charge on any atom is -0.508 e. The van der Waals surface area contributed by atoms with Crippen LogP contribution in [0.5, 0.6) is 5.75 Å². The summed E-state index contributed by atoms with van der Waals surface area (Å²) < 4.78 is 5.71. The second-order valence-electron chi connectivity index (χ2n) is 5.10. The molecule has 2 fully saturated rings. The molecule has 4 heteroatoms. The summed E-state index contributed by atoms with van der Waals surface area (Å²) in [6.45, 7) is 1.43. The first kappa shape index (κ1) is 11.5. The topological polar surface area (TPSA) is 49.8 Å². The van der Waals surface area contributed by atoms with Gasteiger partial charge in [-0.15, -0.1) is 0 Å². The van der Waals surface area contributed by atoms with Crippen LogP contribution in [0.4, 0.5) is 0 Å². The van der Waals surface area contributed by atoms with Gasteiger partial charge >= 0.3 is 0 Å². The minimum atomic E-state index is 0.126. The van der Waals surface area contributed by atoms with E-state index in [0.717, 1.165) is 18.4 Å². The van der Waals surface area contributed by atoms with Crippen LogP contribution in [0.3, 0.4) is 0 Å². The molecule has 1 aromatic carbocycles. The largest absolute Gasteiger partial charge is 0.508 e. The first-order valence-electron chi connectivity index (χ1n) is 6.42. The van der Waals surface area contributed by atoms with E-state index in [-0.39, 0.29) is 23.9 Å². The number of benzene rings is 1. The molecule has 2 saturated heterocycles. The van der Waals surface area contributed by atoms with Gasteiger partial charge in [0.05, 0.1) is 18.6 Å². The summed E-state index contributed by atoms with van der Waals surface area (Å²) in [6.07, 6.45) is 2.96. The predicted octanol–water partition coefficient (Wildman–Crippen LogP) is 1.32. The van der Waals surface area contributed by atoms with Crippen molar-refractivity contribution in [2.24, 2.45) is 0 Å². The van der Waals surface area contributed by atoms with Crippen molar-refractivity contribution in [1.82, 2.24) is 4.90 Å². The maximum atomic E-state index is 12.2. The van der Waals surface area contributed by atoms with E-state index >= 15 is 0 Å². The monoisotopic (exact) mass is 247 g/mol. The highest BCUT2D eigenvalue weighted by Gasteiger charge is 2.35. The van der Waals surface area contributed by atoms with E-state index in [0.29, 0.717) is 19.5 Å². The smallest absolute Gasteiger partial charge is 0.227 e. The van der Waals surface area contributed by atoms with Crippen molar-refractivity contribution >= 4 is 5.91 Å². The maximum absolute atomic E-state index is 12.2. The molecule has 0 aliphatic carbocycles. The van der Waals surface area contributed by atoms with Crippen LogP contribution < -0.4 is 0 Å². The van der Waals surface area contributed by atoms with E-state index < -0.39 is 0 Å². The molecule has 0 spiro atoms. The second-order valence-corrected chi connectivity index (χ2v) is 5.10. The summed E-state index contributed by atoms with van der Waals surface area (Å²) in [6, 6.07) is 6.89. The number of phenols is 1. The number of hydrogen-bond donors (Lipinski definition) is 1. The van der Waals surface area contributed by atoms with E-state index in [4.69, 9.17) is 4.74 Å². The molecule has 2 unspecified atom stereocenters. The molecule has 2 heterocycles. The minimum absolute atomic E-state index is 0.126. The lowest BCUT2D eigenvalue weighted by Crippen LogP contribution is -2.46. The van der Waals surface area contributed by atoms with Crippen molar-refractivity contribution < 1.29 is 14.6 Å². The third kappa shape index (κ3) is 2.34. The van der Waals surface area contributed by atoms with E-state index in [1.807, 2.05) is 11.0 Å². The van der Waals surface area contributed by atoms with Crippen LogP contribution in [0.15, 0.2) is 24.3 Å². The fourth-order valence-corrected chi connectivity index (χ4v) is 2.77. The molecule has 2 atom stereocenters. The lowest BCUT2D eigenvalue weighted by atomic mass is 10.1. The Labute approximate surface area is 106 Å². The lowest BCUT2D eigenvalue weighted by molar-refractivity contribution is -0.139. The van der Waals surface area contributed by atoms with Crippen LogP contribution in [-0.4, -0.2) is 41.2 Å². The molecule has 2 bridgehead atoms. The third-order valence-electron chi connectivity index (χ3n) is 3.66. The number of carbonyl (C=O) groups is 1. The number of fused-ring (bicyclic) bond motifs is 2. The average molecular weight is 247 g/mol. The van der Waals surface area contributed by atoms with Gasteiger partial charge in [-0.1, -0.05) is 12.1 Å². The number of hydrogen-bond acceptors (Lipinski definition) is 3. The Morgan fingerprint density at radius 1 is 1.33 bits per heavy atom. The molecule has 0 saturated carbocycles. The van der Waals surface area contributed by atoms with Gasteiger partial charge in [0.15, 0.2) is 0 Å². The first-order chi connectivity index (χ1) is 8.70. The van der Waals surface area contributed by atoms with Crippen molar-refractivity contribution in [2.45, 2.75) is 31.5 Å². The molecule has 0 radical (unpaired) electrons. The number of carbonyl (C=O) groups excluding carboxylic acids is 1.